The summed E-state index contributed by atoms with van der Waals surface area (Å²) in [6.07, 6.45) is 4.55. The summed E-state index contributed by atoms with van der Waals surface area (Å²) in [5.41, 5.74) is 10.4. The highest BCUT2D eigenvalue weighted by atomic mass is 35.5. The van der Waals surface area contributed by atoms with Crippen LogP contribution in [0.4, 0.5) is 0 Å². The third-order valence-corrected chi connectivity index (χ3v) is 7.18. The van der Waals surface area contributed by atoms with Gasteiger partial charge in [0.25, 0.3) is 0 Å². The fourth-order valence-corrected chi connectivity index (χ4v) is 5.34. The Morgan fingerprint density at radius 3 is 2.38 bits per heavy atom. The second-order valence-corrected chi connectivity index (χ2v) is 11.1. The number of nitrogens with two attached hydrogens (primary N) is 1. The van der Waals surface area contributed by atoms with Crippen LogP contribution in [0, 0.1) is 6.92 Å². The first kappa shape index (κ1) is 26.7. The molecule has 7 nitrogen and oxygen atoms in total. The topological polar surface area (TPSA) is 111 Å². The molecule has 0 saturated carbocycles. The molecule has 1 atom stereocenters. The largest absolute Gasteiger partial charge is 0.479 e. The number of carboxylic acids is 1. The van der Waals surface area contributed by atoms with Crippen LogP contribution in [0.5, 0.6) is 0 Å². The summed E-state index contributed by atoms with van der Waals surface area (Å²) in [6.45, 7) is 9.42. The van der Waals surface area contributed by atoms with Crippen molar-refractivity contribution in [2.75, 3.05) is 0 Å². The van der Waals surface area contributed by atoms with Gasteiger partial charge in [-0.3, -0.25) is 0 Å². The number of aryl methyl sites for hydroxylation is 1. The van der Waals surface area contributed by atoms with Gasteiger partial charge in [0.1, 0.15) is 5.01 Å². The zero-order valence-electron chi connectivity index (χ0n) is 21.4. The van der Waals surface area contributed by atoms with Gasteiger partial charge >= 0.3 is 5.97 Å². The van der Waals surface area contributed by atoms with E-state index in [1.807, 2.05) is 52.8 Å². The molecular formula is C28H29ClN4O3S. The quantitative estimate of drug-likeness (QED) is 0.260. The summed E-state index contributed by atoms with van der Waals surface area (Å²) in [6, 6.07) is 9.27. The van der Waals surface area contributed by atoms with Gasteiger partial charge in [-0.15, -0.1) is 11.3 Å². The van der Waals surface area contributed by atoms with Gasteiger partial charge in [0.15, 0.2) is 11.9 Å². The molecule has 0 aliphatic heterocycles. The number of hydrogen-bond donors (Lipinski definition) is 2. The first-order chi connectivity index (χ1) is 17.5. The van der Waals surface area contributed by atoms with E-state index in [0.29, 0.717) is 16.4 Å². The molecule has 0 aliphatic carbocycles. The van der Waals surface area contributed by atoms with Crippen LogP contribution >= 0.6 is 22.9 Å². The van der Waals surface area contributed by atoms with E-state index in [9.17, 15) is 9.90 Å². The Bertz CT molecular complexity index is 1470. The second kappa shape index (κ2) is 10.6. The highest BCUT2D eigenvalue weighted by Crippen LogP contribution is 2.44. The number of benzene rings is 2. The van der Waals surface area contributed by atoms with E-state index in [1.54, 1.807) is 24.5 Å². The number of hydrogen-bond acceptors (Lipinski definition) is 7. The number of aromatic nitrogens is 3. The predicted octanol–water partition coefficient (Wildman–Crippen LogP) is 7.03. The standard InChI is InChI=1S/C28H29ClN4O3S/c1-6-16(12-30)25-31-13-18(14-32-25)26-33-20-11-15(2)21(23(27(34)35)36-28(3,4)5)22(24(20)37-26)17-7-9-19(29)10-8-17/h7-14,23H,6,30H2,1-5H3,(H,34,35). The maximum atomic E-state index is 12.5. The Morgan fingerprint density at radius 2 is 1.84 bits per heavy atom. The van der Waals surface area contributed by atoms with E-state index in [1.165, 1.54) is 17.5 Å². The normalized spacial score (nSPS) is 13.2. The number of carbonyl (C=O) groups is 1. The molecule has 0 bridgehead atoms. The SMILES string of the molecule is CCC(=CN)c1ncc(-c2nc3cc(C)c(C(OC(C)(C)C)C(=O)O)c(-c4ccc(Cl)cc4)c3s2)cn1. The van der Waals surface area contributed by atoms with Crippen molar-refractivity contribution in [2.24, 2.45) is 5.73 Å². The lowest BCUT2D eigenvalue weighted by Crippen LogP contribution is -2.28. The van der Waals surface area contributed by atoms with E-state index in [4.69, 9.17) is 27.1 Å². The van der Waals surface area contributed by atoms with Gasteiger partial charge in [-0.1, -0.05) is 30.7 Å². The number of aliphatic carboxylic acids is 1. The zero-order valence-corrected chi connectivity index (χ0v) is 22.9. The first-order valence-electron chi connectivity index (χ1n) is 11.9. The van der Waals surface area contributed by atoms with Crippen molar-refractivity contribution in [1.29, 1.82) is 0 Å². The Labute approximate surface area is 225 Å². The Kier molecular flexibility index (Phi) is 7.64. The van der Waals surface area contributed by atoms with E-state index in [2.05, 4.69) is 9.97 Å². The third-order valence-electron chi connectivity index (χ3n) is 5.79. The lowest BCUT2D eigenvalue weighted by Gasteiger charge is -2.28. The Balaban J connectivity index is 1.95. The summed E-state index contributed by atoms with van der Waals surface area (Å²) in [4.78, 5) is 26.3. The van der Waals surface area contributed by atoms with Crippen molar-refractivity contribution in [3.63, 3.8) is 0 Å². The van der Waals surface area contributed by atoms with Gasteiger partial charge in [-0.05, 0) is 63.4 Å². The minimum Gasteiger partial charge on any atom is -0.479 e. The van der Waals surface area contributed by atoms with Gasteiger partial charge in [0, 0.05) is 45.9 Å². The van der Waals surface area contributed by atoms with Crippen molar-refractivity contribution >= 4 is 44.7 Å². The van der Waals surface area contributed by atoms with E-state index in [-0.39, 0.29) is 0 Å². The molecule has 3 N–H and O–H groups in total. The molecule has 1 unspecified atom stereocenters. The smallest absolute Gasteiger partial charge is 0.337 e. The molecule has 0 saturated heterocycles. The number of allylic oxidation sites excluding steroid dienone is 1. The summed E-state index contributed by atoms with van der Waals surface area (Å²) in [7, 11) is 0. The molecule has 192 valence electrons. The van der Waals surface area contributed by atoms with E-state index >= 15 is 0 Å². The summed E-state index contributed by atoms with van der Waals surface area (Å²) >= 11 is 7.63. The monoisotopic (exact) mass is 536 g/mol. The zero-order chi connectivity index (χ0) is 26.9. The molecule has 2 heterocycles. The number of halogens is 1. The van der Waals surface area contributed by atoms with Crippen LogP contribution in [0.2, 0.25) is 5.02 Å². The molecule has 2 aromatic carbocycles. The fourth-order valence-electron chi connectivity index (χ4n) is 4.12. The second-order valence-electron chi connectivity index (χ2n) is 9.65. The maximum Gasteiger partial charge on any atom is 0.337 e. The van der Waals surface area contributed by atoms with Gasteiger partial charge in [0.2, 0.25) is 0 Å². The van der Waals surface area contributed by atoms with Crippen LogP contribution in [-0.4, -0.2) is 31.6 Å². The average molecular weight is 537 g/mol. The molecule has 2 aromatic heterocycles. The van der Waals surface area contributed by atoms with Crippen LogP contribution in [0.25, 0.3) is 37.5 Å². The van der Waals surface area contributed by atoms with Crippen molar-refractivity contribution < 1.29 is 14.6 Å². The molecule has 4 aromatic rings. The Hall–Kier alpha value is -3.33. The number of nitrogens with zero attached hydrogens (tertiary/aromatic N) is 3. The van der Waals surface area contributed by atoms with Crippen LogP contribution in [-0.2, 0) is 9.53 Å². The minimum atomic E-state index is -1.17. The number of fused-ring (bicyclic) bond motifs is 1. The number of thiazole rings is 1. The summed E-state index contributed by atoms with van der Waals surface area (Å²) < 4.78 is 6.92. The highest BCUT2D eigenvalue weighted by Gasteiger charge is 2.32. The van der Waals surface area contributed by atoms with Gasteiger partial charge < -0.3 is 15.6 Å². The van der Waals surface area contributed by atoms with Crippen LogP contribution in [0.1, 0.15) is 57.2 Å². The minimum absolute atomic E-state index is 0.582. The first-order valence-corrected chi connectivity index (χ1v) is 13.1. The van der Waals surface area contributed by atoms with Gasteiger partial charge in [-0.25, -0.2) is 19.7 Å². The van der Waals surface area contributed by atoms with E-state index < -0.39 is 17.7 Å². The molecule has 4 rings (SSSR count). The summed E-state index contributed by atoms with van der Waals surface area (Å²) in [5.74, 6) is -0.473. The van der Waals surface area contributed by atoms with Crippen molar-refractivity contribution in [1.82, 2.24) is 15.0 Å². The van der Waals surface area contributed by atoms with Crippen molar-refractivity contribution in [3.05, 3.63) is 70.9 Å². The number of carboxylic acid groups (broad SMARTS) is 1. The Morgan fingerprint density at radius 1 is 1.19 bits per heavy atom. The molecule has 9 heteroatoms. The molecule has 0 aliphatic rings. The molecule has 0 radical (unpaired) electrons. The highest BCUT2D eigenvalue weighted by molar-refractivity contribution is 7.22. The number of ether oxygens (including phenoxy) is 1. The average Bonchev–Trinajstić information content (AvgIpc) is 3.26. The third kappa shape index (κ3) is 5.66. The van der Waals surface area contributed by atoms with Crippen molar-refractivity contribution in [3.8, 4) is 21.7 Å². The van der Waals surface area contributed by atoms with Crippen LogP contribution in [0.3, 0.4) is 0 Å². The lowest BCUT2D eigenvalue weighted by atomic mass is 9.91. The van der Waals surface area contributed by atoms with Crippen LogP contribution in [0.15, 0.2) is 48.9 Å². The van der Waals surface area contributed by atoms with Gasteiger partial charge in [0.05, 0.1) is 15.8 Å². The van der Waals surface area contributed by atoms with Crippen molar-refractivity contribution in [2.45, 2.75) is 52.7 Å². The molecule has 0 fully saturated rings. The lowest BCUT2D eigenvalue weighted by molar-refractivity contribution is -0.160. The molecule has 37 heavy (non-hydrogen) atoms. The molecular weight excluding hydrogens is 508 g/mol. The number of rotatable bonds is 7. The maximum absolute atomic E-state index is 12.5. The van der Waals surface area contributed by atoms with E-state index in [0.717, 1.165) is 49.5 Å². The van der Waals surface area contributed by atoms with Crippen LogP contribution < -0.4 is 5.73 Å². The fraction of sp³-hybridized carbons (Fsp3) is 0.286. The predicted molar refractivity (Wildman–Crippen MR) is 149 cm³/mol. The molecule has 0 amide bonds. The summed E-state index contributed by atoms with van der Waals surface area (Å²) in [5, 5.41) is 11.5. The van der Waals surface area contributed by atoms with Gasteiger partial charge in [-0.2, -0.15) is 0 Å². The molecule has 0 spiro atoms.